The summed E-state index contributed by atoms with van der Waals surface area (Å²) in [6.45, 7) is 10.4. The van der Waals surface area contributed by atoms with Crippen molar-refractivity contribution < 1.29 is 27.1 Å². The Morgan fingerprint density at radius 2 is 1.74 bits per heavy atom. The summed E-state index contributed by atoms with van der Waals surface area (Å²) in [5.74, 6) is -2.92. The van der Waals surface area contributed by atoms with Gasteiger partial charge in [0.2, 0.25) is 0 Å². The number of nitrogens with zero attached hydrogens (tertiary/aromatic N) is 2. The molecule has 152 valence electrons. The van der Waals surface area contributed by atoms with Crippen molar-refractivity contribution in [3.8, 4) is 5.75 Å². The molecule has 1 saturated heterocycles. The van der Waals surface area contributed by atoms with Gasteiger partial charge in [-0.25, -0.2) is 4.39 Å². The minimum absolute atomic E-state index is 0.0585. The molecule has 1 heterocycles. The normalized spacial score (nSPS) is 17.9. The molecule has 2 rings (SSSR count). The quantitative estimate of drug-likeness (QED) is 0.665. The van der Waals surface area contributed by atoms with Gasteiger partial charge in [0.1, 0.15) is 5.78 Å². The van der Waals surface area contributed by atoms with E-state index in [9.17, 15) is 22.4 Å². The maximum atomic E-state index is 14.1. The molecule has 0 saturated carbocycles. The van der Waals surface area contributed by atoms with Crippen LogP contribution in [0.1, 0.15) is 32.3 Å². The molecule has 1 aliphatic heterocycles. The molecule has 0 bridgehead atoms. The zero-order valence-electron chi connectivity index (χ0n) is 15.9. The molecule has 1 atom stereocenters. The Morgan fingerprint density at radius 3 is 2.22 bits per heavy atom. The van der Waals surface area contributed by atoms with Crippen LogP contribution in [0.2, 0.25) is 0 Å². The molecule has 1 aromatic rings. The number of Topliss-reactive ketones (excluding diaryl/α,β-unsaturated/α-hetero) is 1. The van der Waals surface area contributed by atoms with Crippen molar-refractivity contribution in [1.82, 2.24) is 9.80 Å². The van der Waals surface area contributed by atoms with Crippen LogP contribution in [-0.4, -0.2) is 61.2 Å². The summed E-state index contributed by atoms with van der Waals surface area (Å²) in [6.07, 6.45) is -4.96. The van der Waals surface area contributed by atoms with E-state index in [2.05, 4.69) is 21.5 Å². The number of ketones is 1. The van der Waals surface area contributed by atoms with E-state index < -0.39 is 23.8 Å². The van der Waals surface area contributed by atoms with Crippen LogP contribution < -0.4 is 4.74 Å². The van der Waals surface area contributed by atoms with Crippen LogP contribution in [0.15, 0.2) is 18.2 Å². The number of benzene rings is 1. The summed E-state index contributed by atoms with van der Waals surface area (Å²) < 4.78 is 54.8. The first-order chi connectivity index (χ1) is 12.6. The fourth-order valence-electron chi connectivity index (χ4n) is 3.25. The van der Waals surface area contributed by atoms with Gasteiger partial charge in [0.15, 0.2) is 11.6 Å². The lowest BCUT2D eigenvalue weighted by molar-refractivity contribution is -0.275. The third-order valence-corrected chi connectivity index (χ3v) is 4.85. The number of hydrogen-bond acceptors (Lipinski definition) is 4. The van der Waals surface area contributed by atoms with E-state index in [-0.39, 0.29) is 11.7 Å². The molecular formula is C19H26F4N2O2. The van der Waals surface area contributed by atoms with E-state index in [1.165, 1.54) is 6.07 Å². The Labute approximate surface area is 157 Å². The predicted octanol–water partition coefficient (Wildman–Crippen LogP) is 3.67. The molecule has 8 heteroatoms. The third-order valence-electron chi connectivity index (χ3n) is 4.85. The second kappa shape index (κ2) is 9.01. The van der Waals surface area contributed by atoms with Gasteiger partial charge in [-0.3, -0.25) is 9.69 Å². The fraction of sp³-hybridized carbons (Fsp3) is 0.632. The highest BCUT2D eigenvalue weighted by atomic mass is 19.4. The van der Waals surface area contributed by atoms with E-state index >= 15 is 0 Å². The lowest BCUT2D eigenvalue weighted by atomic mass is 9.88. The fourth-order valence-corrected chi connectivity index (χ4v) is 3.25. The van der Waals surface area contributed by atoms with Gasteiger partial charge in [-0.2, -0.15) is 0 Å². The minimum atomic E-state index is -4.96. The highest BCUT2D eigenvalue weighted by molar-refractivity contribution is 5.87. The first-order valence-electron chi connectivity index (χ1n) is 9.14. The van der Waals surface area contributed by atoms with E-state index in [1.807, 2.05) is 0 Å². The molecule has 1 aliphatic rings. The van der Waals surface area contributed by atoms with E-state index in [1.54, 1.807) is 13.8 Å². The number of rotatable bonds is 7. The average Bonchev–Trinajstić information content (AvgIpc) is 2.60. The highest BCUT2D eigenvalue weighted by Crippen LogP contribution is 2.30. The molecule has 27 heavy (non-hydrogen) atoms. The van der Waals surface area contributed by atoms with Gasteiger partial charge >= 0.3 is 6.36 Å². The van der Waals surface area contributed by atoms with Crippen LogP contribution in [0.25, 0.3) is 0 Å². The van der Waals surface area contributed by atoms with Gasteiger partial charge in [0.05, 0.1) is 5.92 Å². The molecule has 0 aromatic heterocycles. The number of hydrogen-bond donors (Lipinski definition) is 0. The van der Waals surface area contributed by atoms with Crippen LogP contribution in [0.5, 0.6) is 5.75 Å². The molecule has 0 radical (unpaired) electrons. The van der Waals surface area contributed by atoms with Crippen LogP contribution in [0, 0.1) is 11.7 Å². The van der Waals surface area contributed by atoms with Gasteiger partial charge in [0, 0.05) is 38.6 Å². The Hall–Kier alpha value is -1.67. The Balaban J connectivity index is 2.19. The third kappa shape index (κ3) is 6.17. The smallest absolute Gasteiger partial charge is 0.403 e. The van der Waals surface area contributed by atoms with Gasteiger partial charge in [0.25, 0.3) is 0 Å². The maximum absolute atomic E-state index is 14.1. The van der Waals surface area contributed by atoms with Gasteiger partial charge in [-0.15, -0.1) is 13.2 Å². The molecule has 1 aromatic carbocycles. The van der Waals surface area contributed by atoms with Crippen molar-refractivity contribution in [1.29, 1.82) is 0 Å². The van der Waals surface area contributed by atoms with E-state index in [0.29, 0.717) is 12.1 Å². The molecule has 0 N–H and O–H groups in total. The topological polar surface area (TPSA) is 32.8 Å². The number of likely N-dealkylation sites (N-methyl/N-ethyl adjacent to an activating group) is 1. The predicted molar refractivity (Wildman–Crippen MR) is 94.2 cm³/mol. The SMILES string of the molecule is CCN1CCN(C[C@@H](C(=O)C(C)C)c2ccc(OC(F)(F)F)c(F)c2)CC1. The van der Waals surface area contributed by atoms with Gasteiger partial charge in [-0.1, -0.05) is 26.8 Å². The first kappa shape index (κ1) is 21.6. The molecule has 0 amide bonds. The van der Waals surface area contributed by atoms with Crippen LogP contribution in [0.3, 0.4) is 0 Å². The number of alkyl halides is 3. The Morgan fingerprint density at radius 1 is 1.15 bits per heavy atom. The lowest BCUT2D eigenvalue weighted by Gasteiger charge is -2.36. The van der Waals surface area contributed by atoms with Crippen LogP contribution >= 0.6 is 0 Å². The minimum Gasteiger partial charge on any atom is -0.403 e. The molecular weight excluding hydrogens is 364 g/mol. The zero-order valence-corrected chi connectivity index (χ0v) is 15.9. The number of ether oxygens (including phenoxy) is 1. The summed E-state index contributed by atoms with van der Waals surface area (Å²) in [5, 5.41) is 0. The monoisotopic (exact) mass is 390 g/mol. The second-order valence-electron chi connectivity index (χ2n) is 7.08. The summed E-state index contributed by atoms with van der Waals surface area (Å²) in [4.78, 5) is 17.1. The molecule has 4 nitrogen and oxygen atoms in total. The number of piperazine rings is 1. The Kier molecular flexibility index (Phi) is 7.22. The number of carbonyl (C=O) groups excluding carboxylic acids is 1. The zero-order chi connectivity index (χ0) is 20.2. The second-order valence-corrected chi connectivity index (χ2v) is 7.08. The van der Waals surface area contributed by atoms with E-state index in [0.717, 1.165) is 44.9 Å². The summed E-state index contributed by atoms with van der Waals surface area (Å²) >= 11 is 0. The van der Waals surface area contributed by atoms with Gasteiger partial charge in [-0.05, 0) is 24.2 Å². The van der Waals surface area contributed by atoms with Crippen LogP contribution in [0.4, 0.5) is 17.6 Å². The molecule has 0 spiro atoms. The van der Waals surface area contributed by atoms with Crippen LogP contribution in [-0.2, 0) is 4.79 Å². The lowest BCUT2D eigenvalue weighted by Crippen LogP contribution is -2.48. The van der Waals surface area contributed by atoms with Gasteiger partial charge < -0.3 is 9.64 Å². The van der Waals surface area contributed by atoms with Crippen molar-refractivity contribution in [2.75, 3.05) is 39.3 Å². The summed E-state index contributed by atoms with van der Waals surface area (Å²) in [7, 11) is 0. The van der Waals surface area contributed by atoms with Crippen molar-refractivity contribution in [3.63, 3.8) is 0 Å². The summed E-state index contributed by atoms with van der Waals surface area (Å²) in [5.41, 5.74) is 0.374. The van der Waals surface area contributed by atoms with Crippen molar-refractivity contribution in [2.24, 2.45) is 5.92 Å². The van der Waals surface area contributed by atoms with Crippen molar-refractivity contribution >= 4 is 5.78 Å². The molecule has 0 aliphatic carbocycles. The highest BCUT2D eigenvalue weighted by Gasteiger charge is 2.33. The summed E-state index contributed by atoms with van der Waals surface area (Å²) in [6, 6.07) is 3.26. The molecule has 0 unspecified atom stereocenters. The largest absolute Gasteiger partial charge is 0.573 e. The van der Waals surface area contributed by atoms with Crippen molar-refractivity contribution in [3.05, 3.63) is 29.6 Å². The first-order valence-corrected chi connectivity index (χ1v) is 9.14. The maximum Gasteiger partial charge on any atom is 0.573 e. The number of halogens is 4. The Bertz CT molecular complexity index is 641. The number of carbonyl (C=O) groups is 1. The molecule has 1 fully saturated rings. The van der Waals surface area contributed by atoms with E-state index in [4.69, 9.17) is 0 Å². The standard InChI is InChI=1S/C19H26F4N2O2/c1-4-24-7-9-25(10-8-24)12-15(18(26)13(2)3)14-5-6-17(16(20)11-14)27-19(21,22)23/h5-6,11,13,15H,4,7-10,12H2,1-3H3/t15-/m1/s1. The van der Waals surface area contributed by atoms with Crippen molar-refractivity contribution in [2.45, 2.75) is 33.1 Å². The average molecular weight is 390 g/mol.